The van der Waals surface area contributed by atoms with Crippen molar-refractivity contribution >= 4 is 55.5 Å². The fourth-order valence-corrected chi connectivity index (χ4v) is 5.15. The molecule has 0 fully saturated rings. The number of benzene rings is 3. The Morgan fingerprint density at radius 2 is 1.47 bits per heavy atom. The van der Waals surface area contributed by atoms with Crippen LogP contribution in [0.4, 0.5) is 5.69 Å². The summed E-state index contributed by atoms with van der Waals surface area (Å²) in [4.78, 5) is 34.5. The fourth-order valence-electron chi connectivity index (χ4n) is 5.15. The summed E-state index contributed by atoms with van der Waals surface area (Å²) in [5, 5.41) is 1.82. The van der Waals surface area contributed by atoms with Gasteiger partial charge in [-0.15, -0.1) is 0 Å². The van der Waals surface area contributed by atoms with E-state index in [1.54, 1.807) is 12.4 Å². The number of amides is 1. The van der Waals surface area contributed by atoms with Crippen LogP contribution in [0, 0.1) is 0 Å². The van der Waals surface area contributed by atoms with Crippen molar-refractivity contribution in [3.05, 3.63) is 90.3 Å². The van der Waals surface area contributed by atoms with Crippen molar-refractivity contribution in [2.75, 3.05) is 4.90 Å². The average molecular weight is 441 g/mol. The number of aromatic nitrogens is 4. The second-order valence-corrected chi connectivity index (χ2v) is 8.78. The topological polar surface area (TPSA) is 71.9 Å². The van der Waals surface area contributed by atoms with Gasteiger partial charge in [0, 0.05) is 40.5 Å². The van der Waals surface area contributed by atoms with E-state index >= 15 is 0 Å². The molecule has 162 valence electrons. The molecule has 34 heavy (non-hydrogen) atoms. The predicted molar refractivity (Wildman–Crippen MR) is 134 cm³/mol. The quantitative estimate of drug-likeness (QED) is 0.250. The lowest BCUT2D eigenvalue weighted by molar-refractivity contribution is 0.0981. The molecule has 0 spiro atoms. The van der Waals surface area contributed by atoms with Crippen molar-refractivity contribution < 1.29 is 4.79 Å². The molecular weight excluding hydrogens is 422 g/mol. The summed E-state index contributed by atoms with van der Waals surface area (Å²) in [6.07, 6.45) is 4.40. The zero-order valence-electron chi connectivity index (χ0n) is 18.4. The van der Waals surface area contributed by atoms with Crippen molar-refractivity contribution in [2.45, 2.75) is 19.4 Å². The molecule has 6 aromatic rings. The first-order valence-electron chi connectivity index (χ1n) is 11.3. The Labute approximate surface area is 194 Å². The summed E-state index contributed by atoms with van der Waals surface area (Å²) in [7, 11) is 0. The van der Waals surface area contributed by atoms with Crippen molar-refractivity contribution in [2.24, 2.45) is 0 Å². The van der Waals surface area contributed by atoms with Gasteiger partial charge < -0.3 is 4.90 Å². The van der Waals surface area contributed by atoms with E-state index in [9.17, 15) is 4.79 Å². The third-order valence-electron chi connectivity index (χ3n) is 6.69. The predicted octanol–water partition coefficient (Wildman–Crippen LogP) is 5.47. The number of carbonyl (C=O) groups is 1. The molecule has 6 nitrogen and oxygen atoms in total. The summed E-state index contributed by atoms with van der Waals surface area (Å²) in [5.41, 5.74) is 7.39. The molecule has 1 unspecified atom stereocenters. The minimum Gasteiger partial charge on any atom is -0.305 e. The van der Waals surface area contributed by atoms with Crippen LogP contribution in [0.25, 0.3) is 43.9 Å². The third kappa shape index (κ3) is 2.65. The van der Waals surface area contributed by atoms with Crippen LogP contribution in [0.15, 0.2) is 79.1 Å². The number of carbonyl (C=O) groups excluding carboxylic acids is 1. The first kappa shape index (κ1) is 19.1. The smallest absolute Gasteiger partial charge is 0.258 e. The molecule has 1 atom stereocenters. The largest absolute Gasteiger partial charge is 0.305 e. The van der Waals surface area contributed by atoms with E-state index in [0.717, 1.165) is 50.5 Å². The summed E-state index contributed by atoms with van der Waals surface area (Å²) < 4.78 is 0. The van der Waals surface area contributed by atoms with E-state index in [4.69, 9.17) is 9.97 Å². The number of hydrogen-bond acceptors (Lipinski definition) is 5. The lowest BCUT2D eigenvalue weighted by atomic mass is 10.1. The van der Waals surface area contributed by atoms with Crippen molar-refractivity contribution in [3.8, 4) is 0 Å². The summed E-state index contributed by atoms with van der Waals surface area (Å²) in [6.45, 7) is 2.09. The SMILES string of the molecule is CC1Cc2ccccc2N1C(=O)c1ccc2nc3c4cccnc4c4ncccc4c3nc2c1. The molecule has 4 heterocycles. The van der Waals surface area contributed by atoms with Gasteiger partial charge in [-0.3, -0.25) is 14.8 Å². The van der Waals surface area contributed by atoms with E-state index in [0.29, 0.717) is 11.1 Å². The highest BCUT2D eigenvalue weighted by molar-refractivity contribution is 6.21. The monoisotopic (exact) mass is 441 g/mol. The van der Waals surface area contributed by atoms with Crippen LogP contribution in [-0.4, -0.2) is 31.9 Å². The van der Waals surface area contributed by atoms with E-state index in [1.165, 1.54) is 5.56 Å². The van der Waals surface area contributed by atoms with E-state index in [-0.39, 0.29) is 11.9 Å². The van der Waals surface area contributed by atoms with Gasteiger partial charge in [-0.25, -0.2) is 9.97 Å². The van der Waals surface area contributed by atoms with Crippen molar-refractivity contribution in [1.82, 2.24) is 19.9 Å². The molecule has 3 aromatic heterocycles. The van der Waals surface area contributed by atoms with E-state index in [1.807, 2.05) is 65.6 Å². The fraction of sp³-hybridized carbons (Fsp3) is 0.107. The molecule has 6 heteroatoms. The Balaban J connectivity index is 1.44. The van der Waals surface area contributed by atoms with Crippen LogP contribution < -0.4 is 4.90 Å². The van der Waals surface area contributed by atoms with Gasteiger partial charge >= 0.3 is 0 Å². The first-order valence-corrected chi connectivity index (χ1v) is 11.3. The highest BCUT2D eigenvalue weighted by Gasteiger charge is 2.31. The zero-order chi connectivity index (χ0) is 22.8. The molecule has 0 radical (unpaired) electrons. The number of para-hydroxylation sites is 1. The molecule has 3 aromatic carbocycles. The molecule has 0 aliphatic carbocycles. The Kier molecular flexibility index (Phi) is 3.94. The van der Waals surface area contributed by atoms with Crippen LogP contribution >= 0.6 is 0 Å². The van der Waals surface area contributed by atoms with Gasteiger partial charge in [-0.2, -0.15) is 0 Å². The van der Waals surface area contributed by atoms with Crippen LogP contribution in [0.1, 0.15) is 22.8 Å². The Morgan fingerprint density at radius 1 is 0.794 bits per heavy atom. The maximum Gasteiger partial charge on any atom is 0.258 e. The highest BCUT2D eigenvalue weighted by Crippen LogP contribution is 2.34. The molecule has 0 saturated heterocycles. The minimum atomic E-state index is -0.0181. The van der Waals surface area contributed by atoms with Crippen LogP contribution in [0.3, 0.4) is 0 Å². The second kappa shape index (κ2) is 7.02. The van der Waals surface area contributed by atoms with Gasteiger partial charge in [-0.05, 0) is 67.4 Å². The summed E-state index contributed by atoms with van der Waals surface area (Å²) in [5.74, 6) is -0.0181. The first-order chi connectivity index (χ1) is 16.7. The standard InChI is InChI=1S/C28H19N5O/c1-16-14-17-6-2-3-9-23(17)33(16)28(34)18-10-11-21-22(15-18)32-27-20-8-5-13-30-25(20)24-19(26(27)31-21)7-4-12-29-24/h2-13,15-16H,14H2,1H3. The minimum absolute atomic E-state index is 0.0181. The zero-order valence-corrected chi connectivity index (χ0v) is 18.4. The molecule has 7 rings (SSSR count). The van der Waals surface area contributed by atoms with Crippen LogP contribution in [0.5, 0.6) is 0 Å². The van der Waals surface area contributed by atoms with Gasteiger partial charge in [-0.1, -0.05) is 18.2 Å². The molecule has 1 amide bonds. The van der Waals surface area contributed by atoms with E-state index in [2.05, 4.69) is 23.0 Å². The van der Waals surface area contributed by atoms with Gasteiger partial charge in [0.1, 0.15) is 0 Å². The molecule has 0 bridgehead atoms. The molecule has 1 aliphatic rings. The van der Waals surface area contributed by atoms with Gasteiger partial charge in [0.05, 0.1) is 33.1 Å². The number of hydrogen-bond donors (Lipinski definition) is 0. The Hall–Kier alpha value is -4.45. The summed E-state index contributed by atoms with van der Waals surface area (Å²) >= 11 is 0. The molecule has 0 N–H and O–H groups in total. The average Bonchev–Trinajstić information content (AvgIpc) is 3.22. The maximum atomic E-state index is 13.6. The number of pyridine rings is 2. The number of rotatable bonds is 1. The summed E-state index contributed by atoms with van der Waals surface area (Å²) in [6, 6.07) is 21.6. The normalized spacial score (nSPS) is 15.4. The lowest BCUT2D eigenvalue weighted by Gasteiger charge is -2.23. The van der Waals surface area contributed by atoms with Gasteiger partial charge in [0.25, 0.3) is 5.91 Å². The van der Waals surface area contributed by atoms with Crippen LogP contribution in [0.2, 0.25) is 0 Å². The van der Waals surface area contributed by atoms with Gasteiger partial charge in [0.2, 0.25) is 0 Å². The number of anilines is 1. The lowest BCUT2D eigenvalue weighted by Crippen LogP contribution is -2.35. The van der Waals surface area contributed by atoms with Gasteiger partial charge in [0.15, 0.2) is 0 Å². The highest BCUT2D eigenvalue weighted by atomic mass is 16.2. The molecular formula is C28H19N5O. The number of nitrogens with zero attached hydrogens (tertiary/aromatic N) is 5. The third-order valence-corrected chi connectivity index (χ3v) is 6.69. The van der Waals surface area contributed by atoms with Crippen molar-refractivity contribution in [1.29, 1.82) is 0 Å². The molecule has 1 aliphatic heterocycles. The molecule has 0 saturated carbocycles. The Morgan fingerprint density at radius 3 is 2.21 bits per heavy atom. The maximum absolute atomic E-state index is 13.6. The number of fused-ring (bicyclic) bond motifs is 8. The van der Waals surface area contributed by atoms with Crippen LogP contribution in [-0.2, 0) is 6.42 Å². The second-order valence-electron chi connectivity index (χ2n) is 8.78. The van der Waals surface area contributed by atoms with E-state index < -0.39 is 0 Å². The van der Waals surface area contributed by atoms with Crippen molar-refractivity contribution in [3.63, 3.8) is 0 Å². The Bertz CT molecular complexity index is 1800.